The number of hydrogen-bond acceptors (Lipinski definition) is 5. The van der Waals surface area contributed by atoms with Gasteiger partial charge in [0.15, 0.2) is 5.16 Å². The molecule has 0 spiro atoms. The number of urea groups is 1. The maximum atomic E-state index is 11.8. The van der Waals surface area contributed by atoms with Gasteiger partial charge in [0, 0.05) is 23.8 Å². The molecule has 2 heterocycles. The number of hydrogen-bond donors (Lipinski definition) is 2. The SMILES string of the molecule is CCCn1ccnc1SCC(=O)NC(=O)NCc1cccs1. The number of aryl methyl sites for hydroxylation is 1. The van der Waals surface area contributed by atoms with Gasteiger partial charge in [-0.25, -0.2) is 9.78 Å². The van der Waals surface area contributed by atoms with Crippen LogP contribution in [0.1, 0.15) is 18.2 Å². The van der Waals surface area contributed by atoms with Crippen molar-refractivity contribution in [2.45, 2.75) is 31.6 Å². The molecule has 0 saturated heterocycles. The van der Waals surface area contributed by atoms with Gasteiger partial charge in [-0.05, 0) is 17.9 Å². The second-order valence-electron chi connectivity index (χ2n) is 4.50. The number of aromatic nitrogens is 2. The molecular formula is C14H18N4O2S2. The number of thioether (sulfide) groups is 1. The van der Waals surface area contributed by atoms with E-state index in [1.165, 1.54) is 11.8 Å². The van der Waals surface area contributed by atoms with Crippen molar-refractivity contribution in [3.8, 4) is 0 Å². The minimum absolute atomic E-state index is 0.160. The van der Waals surface area contributed by atoms with Crippen molar-refractivity contribution >= 4 is 35.0 Å². The highest BCUT2D eigenvalue weighted by molar-refractivity contribution is 7.99. The van der Waals surface area contributed by atoms with Crippen molar-refractivity contribution in [1.82, 2.24) is 20.2 Å². The Kier molecular flexibility index (Phi) is 6.47. The van der Waals surface area contributed by atoms with Crippen molar-refractivity contribution in [1.29, 1.82) is 0 Å². The molecule has 118 valence electrons. The average molecular weight is 338 g/mol. The molecule has 0 aliphatic rings. The number of carbonyl (C=O) groups is 2. The van der Waals surface area contributed by atoms with E-state index in [2.05, 4.69) is 22.5 Å². The van der Waals surface area contributed by atoms with E-state index in [-0.39, 0.29) is 11.7 Å². The number of carbonyl (C=O) groups excluding carboxylic acids is 2. The molecule has 0 aliphatic carbocycles. The third-order valence-corrected chi connectivity index (χ3v) is 4.61. The van der Waals surface area contributed by atoms with Crippen molar-refractivity contribution in [3.63, 3.8) is 0 Å². The Morgan fingerprint density at radius 2 is 2.32 bits per heavy atom. The van der Waals surface area contributed by atoms with Crippen LogP contribution < -0.4 is 10.6 Å². The van der Waals surface area contributed by atoms with Crippen molar-refractivity contribution in [3.05, 3.63) is 34.8 Å². The van der Waals surface area contributed by atoms with E-state index in [1.807, 2.05) is 28.3 Å². The average Bonchev–Trinajstić information content (AvgIpc) is 3.15. The maximum absolute atomic E-state index is 11.8. The Labute approximate surface area is 137 Å². The maximum Gasteiger partial charge on any atom is 0.321 e. The Hall–Kier alpha value is -1.80. The van der Waals surface area contributed by atoms with E-state index in [1.54, 1.807) is 17.5 Å². The molecule has 0 bridgehead atoms. The van der Waals surface area contributed by atoms with E-state index < -0.39 is 6.03 Å². The second-order valence-corrected chi connectivity index (χ2v) is 6.48. The monoisotopic (exact) mass is 338 g/mol. The smallest absolute Gasteiger partial charge is 0.321 e. The predicted octanol–water partition coefficient (Wildman–Crippen LogP) is 2.47. The lowest BCUT2D eigenvalue weighted by Crippen LogP contribution is -2.39. The molecule has 0 fully saturated rings. The summed E-state index contributed by atoms with van der Waals surface area (Å²) in [5, 5.41) is 7.69. The molecule has 0 aromatic carbocycles. The summed E-state index contributed by atoms with van der Waals surface area (Å²) in [7, 11) is 0. The van der Waals surface area contributed by atoms with Gasteiger partial charge in [0.05, 0.1) is 12.3 Å². The summed E-state index contributed by atoms with van der Waals surface area (Å²) in [6, 6.07) is 3.37. The first-order valence-corrected chi connectivity index (χ1v) is 8.79. The van der Waals surface area contributed by atoms with E-state index >= 15 is 0 Å². The topological polar surface area (TPSA) is 76.0 Å². The van der Waals surface area contributed by atoms with E-state index in [9.17, 15) is 9.59 Å². The lowest BCUT2D eigenvalue weighted by molar-refractivity contribution is -0.117. The zero-order chi connectivity index (χ0) is 15.8. The van der Waals surface area contributed by atoms with E-state index in [4.69, 9.17) is 0 Å². The fourth-order valence-corrected chi connectivity index (χ4v) is 3.19. The summed E-state index contributed by atoms with van der Waals surface area (Å²) in [4.78, 5) is 28.6. The highest BCUT2D eigenvalue weighted by Crippen LogP contribution is 2.15. The van der Waals surface area contributed by atoms with E-state index in [0.717, 1.165) is 23.0 Å². The van der Waals surface area contributed by atoms with Crippen LogP contribution in [0.2, 0.25) is 0 Å². The highest BCUT2D eigenvalue weighted by Gasteiger charge is 2.10. The van der Waals surface area contributed by atoms with Crippen molar-refractivity contribution in [2.75, 3.05) is 5.75 Å². The number of amides is 3. The van der Waals surface area contributed by atoms with Crippen LogP contribution in [0.3, 0.4) is 0 Å². The fourth-order valence-electron chi connectivity index (χ4n) is 1.76. The molecule has 8 heteroatoms. The van der Waals surface area contributed by atoms with Crippen LogP contribution in [0.5, 0.6) is 0 Å². The summed E-state index contributed by atoms with van der Waals surface area (Å²) in [6.07, 6.45) is 4.60. The number of rotatable bonds is 7. The molecule has 0 atom stereocenters. The second kappa shape index (κ2) is 8.60. The third-order valence-electron chi connectivity index (χ3n) is 2.73. The van der Waals surface area contributed by atoms with Gasteiger partial charge in [0.25, 0.3) is 0 Å². The first-order valence-electron chi connectivity index (χ1n) is 6.93. The molecule has 2 rings (SSSR count). The number of nitrogens with one attached hydrogen (secondary N) is 2. The summed E-state index contributed by atoms with van der Waals surface area (Å²) in [5.41, 5.74) is 0. The van der Waals surface area contributed by atoms with Crippen LogP contribution in [-0.4, -0.2) is 27.2 Å². The van der Waals surface area contributed by atoms with Gasteiger partial charge < -0.3 is 9.88 Å². The molecule has 2 N–H and O–H groups in total. The van der Waals surface area contributed by atoms with Crippen LogP contribution in [0, 0.1) is 0 Å². The molecule has 2 aromatic heterocycles. The molecule has 0 aliphatic heterocycles. The zero-order valence-corrected chi connectivity index (χ0v) is 13.9. The van der Waals surface area contributed by atoms with Gasteiger partial charge in [-0.15, -0.1) is 11.3 Å². The lowest BCUT2D eigenvalue weighted by atomic mass is 10.5. The first kappa shape index (κ1) is 16.6. The minimum atomic E-state index is -0.476. The van der Waals surface area contributed by atoms with Gasteiger partial charge in [0.1, 0.15) is 0 Å². The van der Waals surface area contributed by atoms with Gasteiger partial charge in [0.2, 0.25) is 5.91 Å². The molecular weight excluding hydrogens is 320 g/mol. The molecule has 0 radical (unpaired) electrons. The van der Waals surface area contributed by atoms with Crippen LogP contribution in [0.4, 0.5) is 4.79 Å². The van der Waals surface area contributed by atoms with Crippen LogP contribution in [-0.2, 0) is 17.9 Å². The Morgan fingerprint density at radius 1 is 1.45 bits per heavy atom. The van der Waals surface area contributed by atoms with Gasteiger partial charge >= 0.3 is 6.03 Å². The van der Waals surface area contributed by atoms with Crippen LogP contribution in [0.25, 0.3) is 0 Å². The van der Waals surface area contributed by atoms with E-state index in [0.29, 0.717) is 6.54 Å². The zero-order valence-electron chi connectivity index (χ0n) is 12.2. The van der Waals surface area contributed by atoms with Gasteiger partial charge in [-0.3, -0.25) is 10.1 Å². The van der Waals surface area contributed by atoms with Crippen molar-refractivity contribution < 1.29 is 9.59 Å². The van der Waals surface area contributed by atoms with Gasteiger partial charge in [-0.2, -0.15) is 0 Å². The quantitative estimate of drug-likeness (QED) is 0.761. The lowest BCUT2D eigenvalue weighted by Gasteiger charge is -2.07. The van der Waals surface area contributed by atoms with Crippen LogP contribution in [0.15, 0.2) is 35.1 Å². The summed E-state index contributed by atoms with van der Waals surface area (Å²) >= 11 is 2.88. The summed E-state index contributed by atoms with van der Waals surface area (Å²) < 4.78 is 1.99. The fraction of sp³-hybridized carbons (Fsp3) is 0.357. The highest BCUT2D eigenvalue weighted by atomic mass is 32.2. The number of imide groups is 1. The predicted molar refractivity (Wildman–Crippen MR) is 87.9 cm³/mol. The summed E-state index contributed by atoms with van der Waals surface area (Å²) in [6.45, 7) is 3.37. The minimum Gasteiger partial charge on any atom is -0.333 e. The Bertz CT molecular complexity index is 610. The molecule has 3 amide bonds. The standard InChI is InChI=1S/C14H18N4O2S2/c1-2-6-18-7-5-15-14(18)22-10-12(19)17-13(20)16-9-11-4-3-8-21-11/h3-5,7-8H,2,6,9-10H2,1H3,(H2,16,17,19,20). The number of nitrogens with zero attached hydrogens (tertiary/aromatic N) is 2. The molecule has 22 heavy (non-hydrogen) atoms. The van der Waals surface area contributed by atoms with Crippen LogP contribution >= 0.6 is 23.1 Å². The van der Waals surface area contributed by atoms with Crippen molar-refractivity contribution in [2.24, 2.45) is 0 Å². The molecule has 2 aromatic rings. The Balaban J connectivity index is 1.70. The normalized spacial score (nSPS) is 10.4. The molecule has 0 saturated carbocycles. The number of imidazole rings is 1. The van der Waals surface area contributed by atoms with Gasteiger partial charge in [-0.1, -0.05) is 24.8 Å². The number of thiophene rings is 1. The summed E-state index contributed by atoms with van der Waals surface area (Å²) in [5.74, 6) is -0.174. The Morgan fingerprint density at radius 3 is 3.05 bits per heavy atom. The molecule has 0 unspecified atom stereocenters. The first-order chi connectivity index (χ1) is 10.7. The molecule has 6 nitrogen and oxygen atoms in total. The largest absolute Gasteiger partial charge is 0.333 e. The third kappa shape index (κ3) is 5.19.